The van der Waals surface area contributed by atoms with Crippen molar-refractivity contribution in [3.63, 3.8) is 0 Å². The maximum Gasteiger partial charge on any atom is 0.330 e. The molecule has 1 heterocycles. The third-order valence-corrected chi connectivity index (χ3v) is 3.05. The lowest BCUT2D eigenvalue weighted by atomic mass is 10.1. The smallest absolute Gasteiger partial charge is 0.330 e. The van der Waals surface area contributed by atoms with Crippen LogP contribution in [0.3, 0.4) is 0 Å². The van der Waals surface area contributed by atoms with Crippen molar-refractivity contribution < 1.29 is 9.90 Å². The number of benzene rings is 1. The first-order valence-corrected chi connectivity index (χ1v) is 6.04. The Morgan fingerprint density at radius 3 is 2.58 bits per heavy atom. The molecule has 1 aromatic heterocycles. The minimum absolute atomic E-state index is 0.679. The number of hydrogen-bond acceptors (Lipinski definition) is 3. The molecule has 0 aliphatic rings. The minimum Gasteiger partial charge on any atom is -0.479 e. The summed E-state index contributed by atoms with van der Waals surface area (Å²) in [7, 11) is 1.78. The summed E-state index contributed by atoms with van der Waals surface area (Å²) in [5.74, 6) is -0.917. The largest absolute Gasteiger partial charge is 0.479 e. The number of aryl methyl sites for hydroxylation is 3. The molecule has 1 unspecified atom stereocenters. The fourth-order valence-corrected chi connectivity index (χ4v) is 2.06. The second-order valence-electron chi connectivity index (χ2n) is 4.57. The van der Waals surface area contributed by atoms with E-state index in [0.29, 0.717) is 5.56 Å². The van der Waals surface area contributed by atoms with Crippen molar-refractivity contribution in [2.45, 2.75) is 19.9 Å². The number of nitrogens with one attached hydrogen (secondary N) is 1. The first kappa shape index (κ1) is 13.1. The Kier molecular flexibility index (Phi) is 3.55. The van der Waals surface area contributed by atoms with E-state index in [1.807, 2.05) is 38.1 Å². The van der Waals surface area contributed by atoms with E-state index >= 15 is 0 Å². The predicted octanol–water partition coefficient (Wildman–Crippen LogP) is 2.27. The molecule has 19 heavy (non-hydrogen) atoms. The third-order valence-electron chi connectivity index (χ3n) is 3.05. The summed E-state index contributed by atoms with van der Waals surface area (Å²) in [6, 6.07) is 6.82. The van der Waals surface area contributed by atoms with E-state index in [9.17, 15) is 9.90 Å². The third kappa shape index (κ3) is 2.76. The van der Waals surface area contributed by atoms with Crippen LogP contribution in [-0.4, -0.2) is 20.9 Å². The van der Waals surface area contributed by atoms with E-state index in [1.165, 1.54) is 0 Å². The van der Waals surface area contributed by atoms with Crippen LogP contribution in [0.25, 0.3) is 0 Å². The van der Waals surface area contributed by atoms with Gasteiger partial charge in [0.25, 0.3) is 0 Å². The summed E-state index contributed by atoms with van der Waals surface area (Å²) in [6.07, 6.45) is 1.74. The van der Waals surface area contributed by atoms with E-state index in [0.717, 1.165) is 16.9 Å². The Balaban J connectivity index is 2.35. The van der Waals surface area contributed by atoms with Crippen molar-refractivity contribution in [2.75, 3.05) is 5.32 Å². The number of hydrogen-bond donors (Lipinski definition) is 2. The number of carboxylic acid groups (broad SMARTS) is 1. The van der Waals surface area contributed by atoms with Crippen molar-refractivity contribution in [3.8, 4) is 0 Å². The maximum absolute atomic E-state index is 11.5. The molecule has 2 rings (SSSR count). The van der Waals surface area contributed by atoms with Crippen LogP contribution in [-0.2, 0) is 11.8 Å². The number of aliphatic carboxylic acids is 1. The normalized spacial score (nSPS) is 12.2. The lowest BCUT2D eigenvalue weighted by Gasteiger charge is -2.16. The molecule has 0 aliphatic carbocycles. The van der Waals surface area contributed by atoms with Gasteiger partial charge in [-0.3, -0.25) is 4.68 Å². The van der Waals surface area contributed by atoms with E-state index in [4.69, 9.17) is 0 Å². The monoisotopic (exact) mass is 259 g/mol. The Morgan fingerprint density at radius 1 is 1.37 bits per heavy atom. The van der Waals surface area contributed by atoms with Gasteiger partial charge in [0.15, 0.2) is 6.04 Å². The van der Waals surface area contributed by atoms with Crippen LogP contribution in [0.5, 0.6) is 0 Å². The molecule has 0 spiro atoms. The van der Waals surface area contributed by atoms with Gasteiger partial charge in [0.2, 0.25) is 0 Å². The number of aromatic nitrogens is 2. The van der Waals surface area contributed by atoms with Crippen LogP contribution >= 0.6 is 0 Å². The van der Waals surface area contributed by atoms with Gasteiger partial charge >= 0.3 is 5.97 Å². The summed E-state index contributed by atoms with van der Waals surface area (Å²) in [6.45, 7) is 3.75. The molecule has 0 fully saturated rings. The van der Waals surface area contributed by atoms with Crippen molar-refractivity contribution in [1.29, 1.82) is 0 Å². The Labute approximate surface area is 111 Å². The van der Waals surface area contributed by atoms with Crippen molar-refractivity contribution in [1.82, 2.24) is 9.78 Å². The summed E-state index contributed by atoms with van der Waals surface area (Å²) < 4.78 is 1.63. The summed E-state index contributed by atoms with van der Waals surface area (Å²) in [5, 5.41) is 16.7. The van der Waals surface area contributed by atoms with Gasteiger partial charge in [-0.05, 0) is 25.5 Å². The van der Waals surface area contributed by atoms with Crippen molar-refractivity contribution >= 4 is 11.7 Å². The minimum atomic E-state index is -0.917. The highest BCUT2D eigenvalue weighted by molar-refractivity contribution is 5.79. The number of carboxylic acids is 1. The maximum atomic E-state index is 11.5. The molecule has 0 radical (unpaired) electrons. The van der Waals surface area contributed by atoms with E-state index in [2.05, 4.69) is 10.4 Å². The van der Waals surface area contributed by atoms with Gasteiger partial charge in [-0.1, -0.05) is 18.2 Å². The number of para-hydroxylation sites is 1. The zero-order valence-electron chi connectivity index (χ0n) is 11.2. The van der Waals surface area contributed by atoms with E-state index in [1.54, 1.807) is 17.9 Å². The first-order chi connectivity index (χ1) is 8.99. The van der Waals surface area contributed by atoms with Crippen LogP contribution < -0.4 is 5.32 Å². The molecule has 0 aliphatic heterocycles. The molecular formula is C14H17N3O2. The molecular weight excluding hydrogens is 242 g/mol. The first-order valence-electron chi connectivity index (χ1n) is 6.04. The topological polar surface area (TPSA) is 67.2 Å². The lowest BCUT2D eigenvalue weighted by molar-refractivity contribution is -0.138. The van der Waals surface area contributed by atoms with Gasteiger partial charge < -0.3 is 10.4 Å². The molecule has 5 heteroatoms. The van der Waals surface area contributed by atoms with Crippen LogP contribution in [0.1, 0.15) is 22.9 Å². The zero-order chi connectivity index (χ0) is 14.0. The molecule has 1 aromatic carbocycles. The lowest BCUT2D eigenvalue weighted by Crippen LogP contribution is -2.21. The number of carbonyl (C=O) groups is 1. The fourth-order valence-electron chi connectivity index (χ4n) is 2.06. The van der Waals surface area contributed by atoms with E-state index in [-0.39, 0.29) is 0 Å². The molecule has 0 saturated carbocycles. The van der Waals surface area contributed by atoms with Gasteiger partial charge in [0, 0.05) is 24.5 Å². The van der Waals surface area contributed by atoms with Crippen molar-refractivity contribution in [3.05, 3.63) is 47.3 Å². The van der Waals surface area contributed by atoms with Crippen LogP contribution in [0, 0.1) is 13.8 Å². The summed E-state index contributed by atoms with van der Waals surface area (Å²) in [5.41, 5.74) is 3.22. The molecule has 0 bridgehead atoms. The average molecular weight is 259 g/mol. The molecule has 5 nitrogen and oxygen atoms in total. The van der Waals surface area contributed by atoms with Crippen LogP contribution in [0.4, 0.5) is 5.69 Å². The van der Waals surface area contributed by atoms with Crippen molar-refractivity contribution in [2.24, 2.45) is 7.05 Å². The molecule has 100 valence electrons. The van der Waals surface area contributed by atoms with Gasteiger partial charge in [0.1, 0.15) is 0 Å². The highest BCUT2D eigenvalue weighted by atomic mass is 16.4. The molecule has 1 atom stereocenters. The molecule has 0 amide bonds. The molecule has 0 saturated heterocycles. The quantitative estimate of drug-likeness (QED) is 0.884. The number of anilines is 1. The van der Waals surface area contributed by atoms with Gasteiger partial charge in [-0.15, -0.1) is 0 Å². The Morgan fingerprint density at radius 2 is 2.05 bits per heavy atom. The Bertz CT molecular complexity index is 604. The second kappa shape index (κ2) is 5.14. The van der Waals surface area contributed by atoms with Gasteiger partial charge in [-0.2, -0.15) is 5.10 Å². The number of nitrogens with zero attached hydrogens (tertiary/aromatic N) is 2. The zero-order valence-corrected chi connectivity index (χ0v) is 11.2. The number of rotatable bonds is 4. The Hall–Kier alpha value is -2.30. The molecule has 2 aromatic rings. The van der Waals surface area contributed by atoms with Gasteiger partial charge in [0.05, 0.1) is 5.69 Å². The average Bonchev–Trinajstić information content (AvgIpc) is 2.67. The second-order valence-corrected chi connectivity index (χ2v) is 4.57. The summed E-state index contributed by atoms with van der Waals surface area (Å²) in [4.78, 5) is 11.5. The SMILES string of the molecule is Cc1ccccc1NC(C(=O)O)c1cn(C)nc1C. The molecule has 2 N–H and O–H groups in total. The highest BCUT2D eigenvalue weighted by Crippen LogP contribution is 2.24. The fraction of sp³-hybridized carbons (Fsp3) is 0.286. The van der Waals surface area contributed by atoms with Crippen LogP contribution in [0.2, 0.25) is 0 Å². The summed E-state index contributed by atoms with van der Waals surface area (Å²) >= 11 is 0. The van der Waals surface area contributed by atoms with Gasteiger partial charge in [-0.25, -0.2) is 4.79 Å². The standard InChI is InChI=1S/C14H17N3O2/c1-9-6-4-5-7-12(9)15-13(14(18)19)11-8-17(3)16-10(11)2/h4-8,13,15H,1-3H3,(H,18,19). The highest BCUT2D eigenvalue weighted by Gasteiger charge is 2.23. The predicted molar refractivity (Wildman–Crippen MR) is 73.1 cm³/mol. The van der Waals surface area contributed by atoms with Crippen LogP contribution in [0.15, 0.2) is 30.5 Å². The van der Waals surface area contributed by atoms with E-state index < -0.39 is 12.0 Å².